The summed E-state index contributed by atoms with van der Waals surface area (Å²) < 4.78 is 19.7. The molecule has 1 saturated heterocycles. The Morgan fingerprint density at radius 3 is 2.52 bits per heavy atom. The standard InChI is InChI=1S/C25H27ClFN3O/c26-23-4-3-20(27)11-22(23)24-5-6-25(29-28-24)31-21-9-18-13-30(14-19(18)10-21)12-17-8-15-1-2-16(17)7-15/h1-6,11,15-19,21H,7-10,12-14H2/t15?,16?,17?,18-,19+,21+. The summed E-state index contributed by atoms with van der Waals surface area (Å²) in [7, 11) is 0. The number of aromatic nitrogens is 2. The molecule has 3 unspecified atom stereocenters. The van der Waals surface area contributed by atoms with Crippen molar-refractivity contribution in [3.05, 3.63) is 53.3 Å². The highest BCUT2D eigenvalue weighted by molar-refractivity contribution is 6.33. The molecular formula is C25H27ClFN3O. The second kappa shape index (κ2) is 7.86. The number of hydrogen-bond donors (Lipinski definition) is 0. The van der Waals surface area contributed by atoms with E-state index in [1.165, 1.54) is 50.7 Å². The molecule has 0 radical (unpaired) electrons. The lowest BCUT2D eigenvalue weighted by Crippen LogP contribution is -2.31. The van der Waals surface area contributed by atoms with Crippen LogP contribution in [0.15, 0.2) is 42.5 Å². The highest BCUT2D eigenvalue weighted by atomic mass is 35.5. The van der Waals surface area contributed by atoms with Gasteiger partial charge in [0.05, 0.1) is 10.7 Å². The first-order chi connectivity index (χ1) is 15.1. The van der Waals surface area contributed by atoms with E-state index in [2.05, 4.69) is 27.2 Å². The van der Waals surface area contributed by atoms with Gasteiger partial charge >= 0.3 is 0 Å². The predicted molar refractivity (Wildman–Crippen MR) is 118 cm³/mol. The summed E-state index contributed by atoms with van der Waals surface area (Å²) in [4.78, 5) is 2.71. The van der Waals surface area contributed by atoms with Gasteiger partial charge in [-0.05, 0) is 79.5 Å². The van der Waals surface area contributed by atoms with Gasteiger partial charge in [-0.25, -0.2) is 4.39 Å². The number of allylic oxidation sites excluding steroid dienone is 2. The quantitative estimate of drug-likeness (QED) is 0.597. The van der Waals surface area contributed by atoms with E-state index in [9.17, 15) is 4.39 Å². The lowest BCUT2D eigenvalue weighted by Gasteiger charge is -2.26. The van der Waals surface area contributed by atoms with Crippen LogP contribution in [-0.2, 0) is 0 Å². The van der Waals surface area contributed by atoms with Crippen LogP contribution >= 0.6 is 11.6 Å². The van der Waals surface area contributed by atoms with Crippen LogP contribution in [0.3, 0.4) is 0 Å². The summed E-state index contributed by atoms with van der Waals surface area (Å²) in [5, 5.41) is 8.89. The van der Waals surface area contributed by atoms with Gasteiger partial charge in [0.2, 0.25) is 5.88 Å². The number of ether oxygens (including phenoxy) is 1. The molecule has 1 aromatic heterocycles. The predicted octanol–water partition coefficient (Wildman–Crippen LogP) is 5.24. The number of nitrogens with zero attached hydrogens (tertiary/aromatic N) is 3. The lowest BCUT2D eigenvalue weighted by molar-refractivity contribution is 0.170. The minimum atomic E-state index is -0.343. The van der Waals surface area contributed by atoms with Crippen LogP contribution in [0, 0.1) is 35.4 Å². The zero-order chi connectivity index (χ0) is 20.9. The minimum absolute atomic E-state index is 0.209. The van der Waals surface area contributed by atoms with Crippen molar-refractivity contribution in [3.63, 3.8) is 0 Å². The third-order valence-corrected chi connectivity index (χ3v) is 8.15. The Kier molecular flexibility index (Phi) is 4.99. The maximum Gasteiger partial charge on any atom is 0.233 e. The largest absolute Gasteiger partial charge is 0.473 e. The average Bonchev–Trinajstić information content (AvgIpc) is 3.52. The summed E-state index contributed by atoms with van der Waals surface area (Å²) in [6.45, 7) is 3.70. The van der Waals surface area contributed by atoms with E-state index in [0.717, 1.165) is 42.4 Å². The molecule has 0 spiro atoms. The number of rotatable bonds is 5. The van der Waals surface area contributed by atoms with Crippen molar-refractivity contribution < 1.29 is 9.13 Å². The molecule has 2 bridgehead atoms. The smallest absolute Gasteiger partial charge is 0.233 e. The maximum absolute atomic E-state index is 13.5. The van der Waals surface area contributed by atoms with Crippen LogP contribution < -0.4 is 4.74 Å². The summed E-state index contributed by atoms with van der Waals surface area (Å²) >= 11 is 6.17. The Balaban J connectivity index is 1.03. The monoisotopic (exact) mass is 439 g/mol. The van der Waals surface area contributed by atoms with Crippen molar-refractivity contribution in [1.29, 1.82) is 0 Å². The highest BCUT2D eigenvalue weighted by Crippen LogP contribution is 2.45. The molecule has 2 aromatic rings. The fourth-order valence-electron chi connectivity index (χ4n) is 6.41. The Hall–Kier alpha value is -1.98. The van der Waals surface area contributed by atoms with Gasteiger partial charge in [-0.2, -0.15) is 0 Å². The zero-order valence-electron chi connectivity index (χ0n) is 17.5. The van der Waals surface area contributed by atoms with Gasteiger partial charge in [-0.15, -0.1) is 10.2 Å². The molecule has 2 heterocycles. The van der Waals surface area contributed by atoms with Crippen molar-refractivity contribution in [2.24, 2.45) is 29.6 Å². The molecule has 1 aromatic carbocycles. The first kappa shape index (κ1) is 19.7. The molecule has 4 aliphatic rings. The average molecular weight is 440 g/mol. The van der Waals surface area contributed by atoms with E-state index in [4.69, 9.17) is 16.3 Å². The highest BCUT2D eigenvalue weighted by Gasteiger charge is 2.44. The topological polar surface area (TPSA) is 38.2 Å². The number of fused-ring (bicyclic) bond motifs is 3. The SMILES string of the molecule is Fc1ccc(Cl)c(-c2ccc(O[C@H]3C[C@@H]4CN(CC5CC6C=CC5C6)C[C@@H]4C3)nn2)c1. The Bertz CT molecular complexity index is 983. The van der Waals surface area contributed by atoms with E-state index < -0.39 is 0 Å². The molecule has 4 nitrogen and oxygen atoms in total. The molecule has 162 valence electrons. The fraction of sp³-hybridized carbons (Fsp3) is 0.520. The van der Waals surface area contributed by atoms with Crippen LogP contribution in [0.4, 0.5) is 4.39 Å². The summed E-state index contributed by atoms with van der Waals surface area (Å²) in [5.41, 5.74) is 1.09. The van der Waals surface area contributed by atoms with Gasteiger partial charge in [-0.3, -0.25) is 0 Å². The fourth-order valence-corrected chi connectivity index (χ4v) is 6.63. The molecule has 3 fully saturated rings. The molecule has 1 aliphatic heterocycles. The van der Waals surface area contributed by atoms with Crippen LogP contribution in [0.25, 0.3) is 11.3 Å². The van der Waals surface area contributed by atoms with E-state index in [0.29, 0.717) is 22.2 Å². The summed E-state index contributed by atoms with van der Waals surface area (Å²) in [6, 6.07) is 7.86. The third-order valence-electron chi connectivity index (χ3n) is 7.82. The van der Waals surface area contributed by atoms with E-state index in [1.54, 1.807) is 6.07 Å². The van der Waals surface area contributed by atoms with Crippen molar-refractivity contribution in [1.82, 2.24) is 15.1 Å². The molecule has 6 rings (SSSR count). The molecule has 2 saturated carbocycles. The first-order valence-corrected chi connectivity index (χ1v) is 11.8. The Morgan fingerprint density at radius 1 is 1.00 bits per heavy atom. The van der Waals surface area contributed by atoms with Crippen LogP contribution in [0.5, 0.6) is 5.88 Å². The van der Waals surface area contributed by atoms with Gasteiger partial charge in [0.1, 0.15) is 11.9 Å². The molecule has 3 aliphatic carbocycles. The van der Waals surface area contributed by atoms with Gasteiger partial charge < -0.3 is 9.64 Å². The van der Waals surface area contributed by atoms with Crippen LogP contribution in [-0.4, -0.2) is 40.8 Å². The zero-order valence-corrected chi connectivity index (χ0v) is 18.2. The molecule has 0 amide bonds. The van der Waals surface area contributed by atoms with Gasteiger partial charge in [0, 0.05) is 31.3 Å². The van der Waals surface area contributed by atoms with Crippen molar-refractivity contribution in [2.75, 3.05) is 19.6 Å². The van der Waals surface area contributed by atoms with E-state index in [1.807, 2.05) is 6.07 Å². The number of benzene rings is 1. The van der Waals surface area contributed by atoms with Crippen LogP contribution in [0.1, 0.15) is 25.7 Å². The first-order valence-electron chi connectivity index (χ1n) is 11.5. The molecule has 6 heteroatoms. The van der Waals surface area contributed by atoms with Crippen molar-refractivity contribution >= 4 is 11.6 Å². The number of halogens is 2. The number of likely N-dealkylation sites (tertiary alicyclic amines) is 1. The molecule has 31 heavy (non-hydrogen) atoms. The third kappa shape index (κ3) is 3.87. The maximum atomic E-state index is 13.5. The normalized spacial score (nSPS) is 33.9. The van der Waals surface area contributed by atoms with E-state index in [-0.39, 0.29) is 11.9 Å². The van der Waals surface area contributed by atoms with Gasteiger partial charge in [0.25, 0.3) is 0 Å². The Morgan fingerprint density at radius 2 is 1.84 bits per heavy atom. The van der Waals surface area contributed by atoms with Gasteiger partial charge in [-0.1, -0.05) is 23.8 Å². The summed E-state index contributed by atoms with van der Waals surface area (Å²) in [5.74, 6) is 4.23. The summed E-state index contributed by atoms with van der Waals surface area (Å²) in [6.07, 6.45) is 10.1. The molecule has 0 N–H and O–H groups in total. The number of hydrogen-bond acceptors (Lipinski definition) is 4. The lowest BCUT2D eigenvalue weighted by atomic mass is 9.93. The Labute approximate surface area is 187 Å². The minimum Gasteiger partial charge on any atom is -0.473 e. The molecular weight excluding hydrogens is 413 g/mol. The van der Waals surface area contributed by atoms with Crippen LogP contribution in [0.2, 0.25) is 5.02 Å². The second-order valence-corrected chi connectivity index (χ2v) is 10.3. The van der Waals surface area contributed by atoms with Crippen molar-refractivity contribution in [3.8, 4) is 17.1 Å². The second-order valence-electron chi connectivity index (χ2n) is 9.87. The van der Waals surface area contributed by atoms with Crippen molar-refractivity contribution in [2.45, 2.75) is 31.8 Å². The van der Waals surface area contributed by atoms with E-state index >= 15 is 0 Å². The van der Waals surface area contributed by atoms with Gasteiger partial charge in [0.15, 0.2) is 0 Å². The molecule has 6 atom stereocenters.